The zero-order chi connectivity index (χ0) is 11.6. The van der Waals surface area contributed by atoms with Gasteiger partial charge in [-0.05, 0) is 24.5 Å². The number of hydrogen-bond donors (Lipinski definition) is 1. The molecule has 0 radical (unpaired) electrons. The second-order valence-electron chi connectivity index (χ2n) is 4.68. The fourth-order valence-electron chi connectivity index (χ4n) is 2.04. The summed E-state index contributed by atoms with van der Waals surface area (Å²) in [4.78, 5) is 0. The second-order valence-corrected chi connectivity index (χ2v) is 4.68. The van der Waals surface area contributed by atoms with Gasteiger partial charge in [0, 0.05) is 5.92 Å². The average Bonchev–Trinajstić information content (AvgIpc) is 2.27. The normalized spacial score (nSPS) is 28.9. The molecule has 1 N–H and O–H groups in total. The van der Waals surface area contributed by atoms with Gasteiger partial charge < -0.3 is 5.11 Å². The molecule has 0 aromatic heterocycles. The fourth-order valence-corrected chi connectivity index (χ4v) is 2.04. The molecule has 0 fully saturated rings. The first kappa shape index (κ1) is 11.2. The maximum atomic E-state index is 10.4. The lowest BCUT2D eigenvalue weighted by atomic mass is 9.78. The van der Waals surface area contributed by atoms with Gasteiger partial charge in [0.25, 0.3) is 0 Å². The van der Waals surface area contributed by atoms with Gasteiger partial charge in [0.1, 0.15) is 0 Å². The highest BCUT2D eigenvalue weighted by Crippen LogP contribution is 2.32. The standard InChI is InChI=1S/C15H18O/c1-12-7-6-10-14(15(12,2)16)11-13-8-4-3-5-9-13/h3-10,12,16H,11H2,1-2H3. The van der Waals surface area contributed by atoms with E-state index in [1.165, 1.54) is 5.56 Å². The molecule has 16 heavy (non-hydrogen) atoms. The molecular weight excluding hydrogens is 196 g/mol. The molecule has 0 saturated carbocycles. The predicted octanol–water partition coefficient (Wildman–Crippen LogP) is 3.11. The van der Waals surface area contributed by atoms with Gasteiger partial charge in [-0.25, -0.2) is 0 Å². The highest BCUT2D eigenvalue weighted by molar-refractivity contribution is 5.34. The number of hydrogen-bond acceptors (Lipinski definition) is 1. The molecule has 0 heterocycles. The maximum absolute atomic E-state index is 10.4. The molecule has 2 rings (SSSR count). The molecule has 1 aromatic rings. The first-order valence-corrected chi connectivity index (χ1v) is 5.75. The first-order chi connectivity index (χ1) is 7.60. The molecule has 0 bridgehead atoms. The van der Waals surface area contributed by atoms with E-state index in [4.69, 9.17) is 0 Å². The molecule has 2 unspecified atom stereocenters. The highest BCUT2D eigenvalue weighted by atomic mass is 16.3. The smallest absolute Gasteiger partial charge is 0.0894 e. The molecule has 1 aromatic carbocycles. The number of aliphatic hydroxyl groups is 1. The van der Waals surface area contributed by atoms with Gasteiger partial charge in [-0.3, -0.25) is 0 Å². The van der Waals surface area contributed by atoms with Gasteiger partial charge in [-0.1, -0.05) is 55.5 Å². The SMILES string of the molecule is CC1C=CC=C(Cc2ccccc2)C1(C)O. The lowest BCUT2D eigenvalue weighted by Gasteiger charge is -2.33. The molecular formula is C15H18O. The van der Waals surface area contributed by atoms with Crippen molar-refractivity contribution in [3.05, 3.63) is 59.7 Å². The quantitative estimate of drug-likeness (QED) is 0.802. The molecule has 84 valence electrons. The summed E-state index contributed by atoms with van der Waals surface area (Å²) in [5, 5.41) is 10.4. The monoisotopic (exact) mass is 214 g/mol. The van der Waals surface area contributed by atoms with Gasteiger partial charge in [0.15, 0.2) is 0 Å². The Labute approximate surface area is 97.1 Å². The summed E-state index contributed by atoms with van der Waals surface area (Å²) < 4.78 is 0. The van der Waals surface area contributed by atoms with E-state index in [1.54, 1.807) is 0 Å². The van der Waals surface area contributed by atoms with Crippen molar-refractivity contribution in [1.29, 1.82) is 0 Å². The molecule has 2 atom stereocenters. The van der Waals surface area contributed by atoms with E-state index in [0.29, 0.717) is 0 Å². The summed E-state index contributed by atoms with van der Waals surface area (Å²) in [6, 6.07) is 10.3. The van der Waals surface area contributed by atoms with Crippen LogP contribution in [0.4, 0.5) is 0 Å². The summed E-state index contributed by atoms with van der Waals surface area (Å²) in [5.41, 5.74) is 1.62. The molecule has 1 heteroatoms. The van der Waals surface area contributed by atoms with Gasteiger partial charge in [-0.15, -0.1) is 0 Å². The molecule has 0 saturated heterocycles. The van der Waals surface area contributed by atoms with E-state index in [1.807, 2.05) is 37.3 Å². The Kier molecular flexibility index (Phi) is 2.97. The maximum Gasteiger partial charge on any atom is 0.0894 e. The molecule has 0 aliphatic heterocycles. The molecule has 0 spiro atoms. The van der Waals surface area contributed by atoms with Crippen LogP contribution in [0.1, 0.15) is 19.4 Å². The van der Waals surface area contributed by atoms with E-state index in [0.717, 1.165) is 12.0 Å². The topological polar surface area (TPSA) is 20.2 Å². The number of allylic oxidation sites excluding steroid dienone is 2. The third-order valence-corrected chi connectivity index (χ3v) is 3.47. The van der Waals surface area contributed by atoms with E-state index in [9.17, 15) is 5.11 Å². The minimum absolute atomic E-state index is 0.177. The Morgan fingerprint density at radius 2 is 1.94 bits per heavy atom. The molecule has 1 aliphatic carbocycles. The van der Waals surface area contributed by atoms with Crippen LogP contribution in [0.25, 0.3) is 0 Å². The summed E-state index contributed by atoms with van der Waals surface area (Å²) in [7, 11) is 0. The van der Waals surface area contributed by atoms with Crippen molar-refractivity contribution in [2.75, 3.05) is 0 Å². The van der Waals surface area contributed by atoms with Crippen LogP contribution >= 0.6 is 0 Å². The van der Waals surface area contributed by atoms with Gasteiger partial charge in [0.05, 0.1) is 5.60 Å². The van der Waals surface area contributed by atoms with Crippen molar-refractivity contribution in [1.82, 2.24) is 0 Å². The van der Waals surface area contributed by atoms with Crippen LogP contribution in [-0.2, 0) is 6.42 Å². The van der Waals surface area contributed by atoms with Crippen LogP contribution in [0.3, 0.4) is 0 Å². The van der Waals surface area contributed by atoms with Crippen molar-refractivity contribution in [2.24, 2.45) is 5.92 Å². The molecule has 1 aliphatic rings. The largest absolute Gasteiger partial charge is 0.385 e. The number of rotatable bonds is 2. The predicted molar refractivity (Wildman–Crippen MR) is 67.2 cm³/mol. The van der Waals surface area contributed by atoms with Crippen LogP contribution in [0.15, 0.2) is 54.1 Å². The Hall–Kier alpha value is -1.34. The van der Waals surface area contributed by atoms with Crippen molar-refractivity contribution >= 4 is 0 Å². The van der Waals surface area contributed by atoms with Crippen LogP contribution in [0.2, 0.25) is 0 Å². The molecule has 0 amide bonds. The Bertz CT molecular complexity index is 412. The number of benzene rings is 1. The summed E-state index contributed by atoms with van der Waals surface area (Å²) in [5.74, 6) is 0.177. The van der Waals surface area contributed by atoms with Crippen molar-refractivity contribution < 1.29 is 5.11 Å². The van der Waals surface area contributed by atoms with E-state index >= 15 is 0 Å². The van der Waals surface area contributed by atoms with Gasteiger partial charge in [-0.2, -0.15) is 0 Å². The summed E-state index contributed by atoms with van der Waals surface area (Å²) >= 11 is 0. The lowest BCUT2D eigenvalue weighted by Crippen LogP contribution is -2.36. The lowest BCUT2D eigenvalue weighted by molar-refractivity contribution is 0.0580. The summed E-state index contributed by atoms with van der Waals surface area (Å²) in [6.07, 6.45) is 6.95. The van der Waals surface area contributed by atoms with Crippen molar-refractivity contribution in [3.8, 4) is 0 Å². The van der Waals surface area contributed by atoms with Crippen molar-refractivity contribution in [2.45, 2.75) is 25.9 Å². The Morgan fingerprint density at radius 3 is 2.62 bits per heavy atom. The summed E-state index contributed by atoms with van der Waals surface area (Å²) in [6.45, 7) is 3.95. The average molecular weight is 214 g/mol. The van der Waals surface area contributed by atoms with E-state index in [-0.39, 0.29) is 5.92 Å². The van der Waals surface area contributed by atoms with Gasteiger partial charge >= 0.3 is 0 Å². The minimum atomic E-state index is -0.718. The fraction of sp³-hybridized carbons (Fsp3) is 0.333. The van der Waals surface area contributed by atoms with Crippen molar-refractivity contribution in [3.63, 3.8) is 0 Å². The Morgan fingerprint density at radius 1 is 1.25 bits per heavy atom. The second kappa shape index (κ2) is 4.26. The van der Waals surface area contributed by atoms with Crippen LogP contribution < -0.4 is 0 Å². The highest BCUT2D eigenvalue weighted by Gasteiger charge is 2.32. The van der Waals surface area contributed by atoms with E-state index in [2.05, 4.69) is 25.1 Å². The third kappa shape index (κ3) is 2.10. The van der Waals surface area contributed by atoms with Crippen LogP contribution in [0.5, 0.6) is 0 Å². The molecule has 1 nitrogen and oxygen atoms in total. The zero-order valence-electron chi connectivity index (χ0n) is 9.85. The Balaban J connectivity index is 2.22. The van der Waals surface area contributed by atoms with Gasteiger partial charge in [0.2, 0.25) is 0 Å². The minimum Gasteiger partial charge on any atom is -0.385 e. The zero-order valence-corrected chi connectivity index (χ0v) is 9.85. The third-order valence-electron chi connectivity index (χ3n) is 3.47. The van der Waals surface area contributed by atoms with Crippen LogP contribution in [0, 0.1) is 5.92 Å². The van der Waals surface area contributed by atoms with Crippen LogP contribution in [-0.4, -0.2) is 10.7 Å². The first-order valence-electron chi connectivity index (χ1n) is 5.75. The van der Waals surface area contributed by atoms with E-state index < -0.39 is 5.60 Å².